The molecule has 0 aromatic heterocycles. The standard InChI is InChI=1S/C20H31N7O7/c21-13(2-1-7-24-20(22)23)17(32)27-15(10-28)19(34)26-14(18(33)25-9-16(30)31)8-11-3-5-12(29)6-4-11/h3-6,13-15,28-29H,1-2,7-10,21H2,(H,25,33)(H,26,34)(H,27,32)(H,30,31)(H4,22,23,24). The Balaban J connectivity index is 2.80. The zero-order chi connectivity index (χ0) is 25.7. The van der Waals surface area contributed by atoms with Crippen LogP contribution in [0.5, 0.6) is 5.75 Å². The van der Waals surface area contributed by atoms with Gasteiger partial charge in [0.05, 0.1) is 12.6 Å². The minimum Gasteiger partial charge on any atom is -0.508 e. The second-order valence-corrected chi connectivity index (χ2v) is 7.34. The van der Waals surface area contributed by atoms with Crippen LogP contribution in [0.3, 0.4) is 0 Å². The third kappa shape index (κ3) is 10.6. The topological polar surface area (TPSA) is 255 Å². The van der Waals surface area contributed by atoms with Crippen molar-refractivity contribution in [3.05, 3.63) is 29.8 Å². The van der Waals surface area contributed by atoms with Crippen LogP contribution < -0.4 is 33.2 Å². The first-order valence-corrected chi connectivity index (χ1v) is 10.3. The van der Waals surface area contributed by atoms with Crippen molar-refractivity contribution >= 4 is 29.7 Å². The smallest absolute Gasteiger partial charge is 0.322 e. The zero-order valence-electron chi connectivity index (χ0n) is 18.4. The summed E-state index contributed by atoms with van der Waals surface area (Å²) in [6.45, 7) is -1.19. The van der Waals surface area contributed by atoms with Crippen molar-refractivity contribution < 1.29 is 34.5 Å². The number of hydrogen-bond donors (Lipinski definition) is 9. The lowest BCUT2D eigenvalue weighted by atomic mass is 10.0. The van der Waals surface area contributed by atoms with Gasteiger partial charge in [-0.1, -0.05) is 12.1 Å². The summed E-state index contributed by atoms with van der Waals surface area (Å²) in [5.41, 5.74) is 16.8. The molecule has 3 atom stereocenters. The lowest BCUT2D eigenvalue weighted by Crippen LogP contribution is -2.57. The van der Waals surface area contributed by atoms with Gasteiger partial charge in [-0.3, -0.25) is 24.2 Å². The Kier molecular flexibility index (Phi) is 11.8. The number of amides is 3. The number of nitrogens with two attached hydrogens (primary N) is 3. The molecule has 1 aromatic carbocycles. The van der Waals surface area contributed by atoms with Crippen LogP contribution in [-0.2, 0) is 25.6 Å². The molecule has 0 saturated carbocycles. The molecule has 0 aliphatic carbocycles. The van der Waals surface area contributed by atoms with Gasteiger partial charge in [-0.2, -0.15) is 0 Å². The van der Waals surface area contributed by atoms with E-state index in [1.54, 1.807) is 0 Å². The van der Waals surface area contributed by atoms with Crippen LogP contribution >= 0.6 is 0 Å². The maximum Gasteiger partial charge on any atom is 0.322 e. The molecule has 14 nitrogen and oxygen atoms in total. The van der Waals surface area contributed by atoms with Crippen molar-refractivity contribution in [1.82, 2.24) is 16.0 Å². The molecule has 0 radical (unpaired) electrons. The van der Waals surface area contributed by atoms with E-state index in [1.165, 1.54) is 24.3 Å². The molecule has 3 amide bonds. The molecule has 0 spiro atoms. The van der Waals surface area contributed by atoms with E-state index in [4.69, 9.17) is 22.3 Å². The zero-order valence-corrected chi connectivity index (χ0v) is 18.4. The molecule has 1 aromatic rings. The van der Waals surface area contributed by atoms with Gasteiger partial charge in [0, 0.05) is 13.0 Å². The number of carbonyl (C=O) groups is 4. The number of aliphatic hydroxyl groups excluding tert-OH is 1. The Bertz CT molecular complexity index is 873. The third-order valence-corrected chi connectivity index (χ3v) is 4.54. The number of nitrogens with one attached hydrogen (secondary N) is 3. The maximum absolute atomic E-state index is 12.7. The Morgan fingerprint density at radius 3 is 2.15 bits per heavy atom. The molecule has 0 aliphatic heterocycles. The van der Waals surface area contributed by atoms with Gasteiger partial charge < -0.3 is 48.5 Å². The van der Waals surface area contributed by atoms with Gasteiger partial charge >= 0.3 is 5.97 Å². The molecule has 188 valence electrons. The summed E-state index contributed by atoms with van der Waals surface area (Å²) in [6, 6.07) is 2.17. The molecule has 14 heteroatoms. The molecule has 34 heavy (non-hydrogen) atoms. The fraction of sp³-hybridized carbons (Fsp3) is 0.450. The summed E-state index contributed by atoms with van der Waals surface area (Å²) in [4.78, 5) is 51.9. The van der Waals surface area contributed by atoms with Crippen LogP contribution in [0, 0.1) is 0 Å². The minimum absolute atomic E-state index is 0.00245. The highest BCUT2D eigenvalue weighted by atomic mass is 16.4. The van der Waals surface area contributed by atoms with Gasteiger partial charge in [0.2, 0.25) is 17.7 Å². The van der Waals surface area contributed by atoms with Gasteiger partial charge in [0.15, 0.2) is 5.96 Å². The number of aromatic hydroxyl groups is 1. The van der Waals surface area contributed by atoms with E-state index in [0.717, 1.165) is 0 Å². The summed E-state index contributed by atoms with van der Waals surface area (Å²) >= 11 is 0. The molecular weight excluding hydrogens is 450 g/mol. The van der Waals surface area contributed by atoms with Crippen LogP contribution in [0.4, 0.5) is 0 Å². The van der Waals surface area contributed by atoms with Crippen LogP contribution in [0.2, 0.25) is 0 Å². The number of phenols is 1. The molecule has 0 saturated heterocycles. The number of benzene rings is 1. The van der Waals surface area contributed by atoms with E-state index in [0.29, 0.717) is 12.0 Å². The molecule has 0 heterocycles. The molecular formula is C20H31N7O7. The number of hydrogen-bond acceptors (Lipinski definition) is 8. The van der Waals surface area contributed by atoms with Crippen LogP contribution in [-0.4, -0.2) is 82.8 Å². The number of nitrogens with zero attached hydrogens (tertiary/aromatic N) is 1. The van der Waals surface area contributed by atoms with Gasteiger partial charge in [0.1, 0.15) is 24.4 Å². The predicted molar refractivity (Wildman–Crippen MR) is 121 cm³/mol. The summed E-state index contributed by atoms with van der Waals surface area (Å²) in [5.74, 6) is -3.75. The van der Waals surface area contributed by atoms with Gasteiger partial charge in [-0.15, -0.1) is 0 Å². The van der Waals surface area contributed by atoms with Crippen LogP contribution in [0.25, 0.3) is 0 Å². The molecule has 12 N–H and O–H groups in total. The number of aliphatic carboxylic acids is 1. The fourth-order valence-electron chi connectivity index (χ4n) is 2.76. The van der Waals surface area contributed by atoms with Crippen LogP contribution in [0.1, 0.15) is 18.4 Å². The number of aliphatic imine (C=N–C) groups is 1. The number of phenolic OH excluding ortho intramolecular Hbond substituents is 1. The second kappa shape index (κ2) is 14.3. The third-order valence-electron chi connectivity index (χ3n) is 4.54. The largest absolute Gasteiger partial charge is 0.508 e. The highest BCUT2D eigenvalue weighted by molar-refractivity contribution is 5.93. The average Bonchev–Trinajstić information content (AvgIpc) is 2.78. The van der Waals surface area contributed by atoms with Gasteiger partial charge in [-0.05, 0) is 30.5 Å². The van der Waals surface area contributed by atoms with Crippen molar-refractivity contribution in [2.24, 2.45) is 22.2 Å². The SMILES string of the molecule is NC(N)=NCCCC(N)C(=O)NC(CO)C(=O)NC(Cc1ccc(O)cc1)C(=O)NCC(=O)O. The Hall–Kier alpha value is -3.91. The fourth-order valence-corrected chi connectivity index (χ4v) is 2.76. The van der Waals surface area contributed by atoms with Gasteiger partial charge in [0.25, 0.3) is 0 Å². The average molecular weight is 482 g/mol. The molecule has 0 bridgehead atoms. The highest BCUT2D eigenvalue weighted by Gasteiger charge is 2.28. The first-order chi connectivity index (χ1) is 16.0. The lowest BCUT2D eigenvalue weighted by Gasteiger charge is -2.23. The van der Waals surface area contributed by atoms with E-state index in [9.17, 15) is 29.4 Å². The van der Waals surface area contributed by atoms with Crippen molar-refractivity contribution in [2.75, 3.05) is 19.7 Å². The molecule has 3 unspecified atom stereocenters. The second-order valence-electron chi connectivity index (χ2n) is 7.34. The van der Waals surface area contributed by atoms with E-state index in [2.05, 4.69) is 20.9 Å². The molecule has 0 aliphatic rings. The van der Waals surface area contributed by atoms with E-state index < -0.39 is 55.0 Å². The Morgan fingerprint density at radius 2 is 1.59 bits per heavy atom. The predicted octanol–water partition coefficient (Wildman–Crippen LogP) is -3.52. The van der Waals surface area contributed by atoms with Crippen molar-refractivity contribution in [1.29, 1.82) is 0 Å². The summed E-state index contributed by atoms with van der Waals surface area (Å²) in [7, 11) is 0. The van der Waals surface area contributed by atoms with Crippen LogP contribution in [0.15, 0.2) is 29.3 Å². The summed E-state index contributed by atoms with van der Waals surface area (Å²) in [6.07, 6.45) is 0.568. The first kappa shape index (κ1) is 28.1. The number of rotatable bonds is 14. The Morgan fingerprint density at radius 1 is 0.971 bits per heavy atom. The number of carboxylic acids is 1. The Labute approximate surface area is 195 Å². The van der Waals surface area contributed by atoms with E-state index in [-0.39, 0.29) is 31.1 Å². The summed E-state index contributed by atoms with van der Waals surface area (Å²) in [5, 5.41) is 34.7. The number of carboxylic acid groups (broad SMARTS) is 1. The van der Waals surface area contributed by atoms with E-state index in [1.807, 2.05) is 0 Å². The minimum atomic E-state index is -1.41. The van der Waals surface area contributed by atoms with Crippen molar-refractivity contribution in [3.8, 4) is 5.75 Å². The normalized spacial score (nSPS) is 13.1. The number of carbonyl (C=O) groups excluding carboxylic acids is 3. The number of aliphatic hydroxyl groups is 1. The first-order valence-electron chi connectivity index (χ1n) is 10.3. The van der Waals surface area contributed by atoms with Gasteiger partial charge in [-0.25, -0.2) is 0 Å². The maximum atomic E-state index is 12.7. The summed E-state index contributed by atoms with van der Waals surface area (Å²) < 4.78 is 0. The quantitative estimate of drug-likeness (QED) is 0.0718. The lowest BCUT2D eigenvalue weighted by molar-refractivity contribution is -0.138. The highest BCUT2D eigenvalue weighted by Crippen LogP contribution is 2.11. The van der Waals surface area contributed by atoms with E-state index >= 15 is 0 Å². The van der Waals surface area contributed by atoms with Crippen molar-refractivity contribution in [2.45, 2.75) is 37.4 Å². The number of guanidine groups is 1. The monoisotopic (exact) mass is 481 g/mol. The van der Waals surface area contributed by atoms with Crippen molar-refractivity contribution in [3.63, 3.8) is 0 Å². The molecule has 1 rings (SSSR count). The molecule has 0 fully saturated rings.